The molecule has 0 spiro atoms. The summed E-state index contributed by atoms with van der Waals surface area (Å²) in [6.07, 6.45) is 1.70. The van der Waals surface area contributed by atoms with Crippen molar-refractivity contribution in [3.63, 3.8) is 0 Å². The van der Waals surface area contributed by atoms with Crippen molar-refractivity contribution >= 4 is 56.4 Å². The van der Waals surface area contributed by atoms with Crippen molar-refractivity contribution in [1.82, 2.24) is 14.8 Å². The van der Waals surface area contributed by atoms with Crippen LogP contribution >= 0.6 is 34.4 Å². The van der Waals surface area contributed by atoms with Gasteiger partial charge in [0, 0.05) is 10.9 Å². The average Bonchev–Trinajstić information content (AvgIpc) is 3.34. The smallest absolute Gasteiger partial charge is 0.235 e. The fourth-order valence-electron chi connectivity index (χ4n) is 2.33. The van der Waals surface area contributed by atoms with Crippen LogP contribution < -0.4 is 5.32 Å². The third-order valence-corrected chi connectivity index (χ3v) is 6.51. The van der Waals surface area contributed by atoms with Gasteiger partial charge in [-0.1, -0.05) is 30.0 Å². The second-order valence-corrected chi connectivity index (χ2v) is 8.52. The number of thiazole rings is 1. The van der Waals surface area contributed by atoms with Gasteiger partial charge < -0.3 is 5.32 Å². The van der Waals surface area contributed by atoms with Gasteiger partial charge in [0.25, 0.3) is 0 Å². The van der Waals surface area contributed by atoms with E-state index in [2.05, 4.69) is 21.5 Å². The molecule has 4 aromatic rings. The molecular formula is C17H14N4OS3. The highest BCUT2D eigenvalue weighted by Gasteiger charge is 2.11. The van der Waals surface area contributed by atoms with Crippen LogP contribution in [-0.4, -0.2) is 26.4 Å². The number of fused-ring (bicyclic) bond motifs is 1. The number of nitrogens with zero attached hydrogens (tertiary/aromatic N) is 3. The average molecular weight is 387 g/mol. The molecule has 0 bridgehead atoms. The van der Waals surface area contributed by atoms with Gasteiger partial charge in [0.15, 0.2) is 4.34 Å². The lowest BCUT2D eigenvalue weighted by atomic mass is 10.3. The van der Waals surface area contributed by atoms with Crippen LogP contribution in [0.25, 0.3) is 10.2 Å². The Morgan fingerprint density at radius 2 is 2.12 bits per heavy atom. The molecule has 0 saturated carbocycles. The van der Waals surface area contributed by atoms with E-state index in [1.807, 2.05) is 41.8 Å². The van der Waals surface area contributed by atoms with Crippen LogP contribution in [-0.2, 0) is 11.3 Å². The molecule has 0 aliphatic carbocycles. The molecule has 0 saturated heterocycles. The van der Waals surface area contributed by atoms with Crippen LogP contribution in [0, 0.1) is 0 Å². The Morgan fingerprint density at radius 3 is 2.96 bits per heavy atom. The SMILES string of the molecule is O=C(CSc1nc2ccccc2s1)Nc1ccnn1Cc1cccs1. The number of para-hydroxylation sites is 1. The zero-order valence-electron chi connectivity index (χ0n) is 13.1. The monoisotopic (exact) mass is 386 g/mol. The molecule has 0 radical (unpaired) electrons. The van der Waals surface area contributed by atoms with Gasteiger partial charge in [-0.2, -0.15) is 5.10 Å². The Bertz CT molecular complexity index is 957. The van der Waals surface area contributed by atoms with E-state index in [1.165, 1.54) is 16.6 Å². The highest BCUT2D eigenvalue weighted by Crippen LogP contribution is 2.29. The normalized spacial score (nSPS) is 11.0. The summed E-state index contributed by atoms with van der Waals surface area (Å²) < 4.78 is 3.84. The summed E-state index contributed by atoms with van der Waals surface area (Å²) in [5, 5.41) is 9.25. The maximum Gasteiger partial charge on any atom is 0.235 e. The zero-order valence-corrected chi connectivity index (χ0v) is 15.5. The highest BCUT2D eigenvalue weighted by atomic mass is 32.2. The topological polar surface area (TPSA) is 59.8 Å². The fourth-order valence-corrected chi connectivity index (χ4v) is 4.89. The minimum atomic E-state index is -0.0582. The second-order valence-electron chi connectivity index (χ2n) is 5.24. The van der Waals surface area contributed by atoms with Gasteiger partial charge in [0.2, 0.25) is 5.91 Å². The molecule has 5 nitrogen and oxygen atoms in total. The number of anilines is 1. The van der Waals surface area contributed by atoms with Crippen molar-refractivity contribution < 1.29 is 4.79 Å². The van der Waals surface area contributed by atoms with E-state index in [4.69, 9.17) is 0 Å². The number of hydrogen-bond donors (Lipinski definition) is 1. The molecule has 0 atom stereocenters. The Kier molecular flexibility index (Phi) is 4.82. The fraction of sp³-hybridized carbons (Fsp3) is 0.118. The third-order valence-electron chi connectivity index (χ3n) is 3.47. The number of nitrogens with one attached hydrogen (secondary N) is 1. The molecule has 3 aromatic heterocycles. The maximum absolute atomic E-state index is 12.3. The van der Waals surface area contributed by atoms with Crippen LogP contribution in [0.2, 0.25) is 0 Å². The minimum Gasteiger partial charge on any atom is -0.310 e. The van der Waals surface area contributed by atoms with Crippen molar-refractivity contribution in [2.45, 2.75) is 10.9 Å². The van der Waals surface area contributed by atoms with E-state index in [1.54, 1.807) is 33.6 Å². The van der Waals surface area contributed by atoms with E-state index < -0.39 is 0 Å². The standard InChI is InChI=1S/C17H14N4OS3/c22-16(11-24-17-19-13-5-1-2-6-14(13)25-17)20-15-7-8-18-21(15)10-12-4-3-9-23-12/h1-9H,10-11H2,(H,20,22). The molecule has 1 amide bonds. The predicted molar refractivity (Wildman–Crippen MR) is 105 cm³/mol. The molecule has 126 valence electrons. The van der Waals surface area contributed by atoms with E-state index in [9.17, 15) is 4.79 Å². The summed E-state index contributed by atoms with van der Waals surface area (Å²) in [5.74, 6) is 0.977. The van der Waals surface area contributed by atoms with Crippen LogP contribution in [0.3, 0.4) is 0 Å². The van der Waals surface area contributed by atoms with Gasteiger partial charge in [-0.25, -0.2) is 9.67 Å². The maximum atomic E-state index is 12.3. The second kappa shape index (κ2) is 7.38. The van der Waals surface area contributed by atoms with Gasteiger partial charge in [-0.3, -0.25) is 4.79 Å². The molecule has 8 heteroatoms. The van der Waals surface area contributed by atoms with Gasteiger partial charge in [-0.15, -0.1) is 22.7 Å². The molecule has 0 aliphatic heterocycles. The van der Waals surface area contributed by atoms with E-state index in [0.29, 0.717) is 18.1 Å². The van der Waals surface area contributed by atoms with Gasteiger partial charge >= 0.3 is 0 Å². The van der Waals surface area contributed by atoms with Gasteiger partial charge in [0.1, 0.15) is 5.82 Å². The first kappa shape index (κ1) is 16.3. The van der Waals surface area contributed by atoms with E-state index >= 15 is 0 Å². The molecular weight excluding hydrogens is 372 g/mol. The summed E-state index contributed by atoms with van der Waals surface area (Å²) in [6.45, 7) is 0.658. The largest absolute Gasteiger partial charge is 0.310 e. The number of aromatic nitrogens is 3. The number of thiophene rings is 1. The molecule has 3 heterocycles. The highest BCUT2D eigenvalue weighted by molar-refractivity contribution is 8.01. The minimum absolute atomic E-state index is 0.0582. The van der Waals surface area contributed by atoms with Crippen molar-refractivity contribution in [3.05, 3.63) is 58.9 Å². The van der Waals surface area contributed by atoms with Crippen molar-refractivity contribution in [2.24, 2.45) is 0 Å². The zero-order chi connectivity index (χ0) is 17.1. The van der Waals surface area contributed by atoms with Crippen LogP contribution in [0.15, 0.2) is 58.4 Å². The summed E-state index contributed by atoms with van der Waals surface area (Å²) in [5.41, 5.74) is 0.976. The van der Waals surface area contributed by atoms with Crippen LogP contribution in [0.1, 0.15) is 4.88 Å². The number of rotatable bonds is 6. The molecule has 0 aliphatic rings. The lowest BCUT2D eigenvalue weighted by Crippen LogP contribution is -2.17. The molecule has 0 fully saturated rings. The summed E-state index contributed by atoms with van der Waals surface area (Å²) in [7, 11) is 0. The Labute approximate surface area is 156 Å². The van der Waals surface area contributed by atoms with Crippen molar-refractivity contribution in [1.29, 1.82) is 0 Å². The first-order chi connectivity index (χ1) is 12.3. The number of amides is 1. The molecule has 25 heavy (non-hydrogen) atoms. The Hall–Kier alpha value is -2.16. The molecule has 1 aromatic carbocycles. The van der Waals surface area contributed by atoms with Crippen LogP contribution in [0.5, 0.6) is 0 Å². The Morgan fingerprint density at radius 1 is 1.20 bits per heavy atom. The lowest BCUT2D eigenvalue weighted by molar-refractivity contribution is -0.113. The van der Waals surface area contributed by atoms with Gasteiger partial charge in [-0.05, 0) is 23.6 Å². The molecule has 0 unspecified atom stereocenters. The first-order valence-corrected chi connectivity index (χ1v) is 10.3. The van der Waals surface area contributed by atoms with Gasteiger partial charge in [0.05, 0.1) is 28.7 Å². The summed E-state index contributed by atoms with van der Waals surface area (Å²) >= 11 is 4.74. The predicted octanol–water partition coefficient (Wildman–Crippen LogP) is 4.33. The van der Waals surface area contributed by atoms with E-state index in [-0.39, 0.29) is 5.91 Å². The number of thioether (sulfide) groups is 1. The molecule has 4 rings (SSSR count). The summed E-state index contributed by atoms with van der Waals surface area (Å²) in [4.78, 5) is 18.0. The number of hydrogen-bond acceptors (Lipinski definition) is 6. The van der Waals surface area contributed by atoms with Crippen LogP contribution in [0.4, 0.5) is 5.82 Å². The Balaban J connectivity index is 1.37. The van der Waals surface area contributed by atoms with Crippen molar-refractivity contribution in [2.75, 3.05) is 11.1 Å². The molecule has 1 N–H and O–H groups in total. The number of benzene rings is 1. The number of carbonyl (C=O) groups excluding carboxylic acids is 1. The van der Waals surface area contributed by atoms with E-state index in [0.717, 1.165) is 14.6 Å². The third kappa shape index (κ3) is 3.92. The van der Waals surface area contributed by atoms with Crippen molar-refractivity contribution in [3.8, 4) is 0 Å². The quantitative estimate of drug-likeness (QED) is 0.501. The first-order valence-electron chi connectivity index (χ1n) is 7.60. The lowest BCUT2D eigenvalue weighted by Gasteiger charge is -2.07. The summed E-state index contributed by atoms with van der Waals surface area (Å²) in [6, 6.07) is 13.9. The number of carbonyl (C=O) groups is 1.